The Kier molecular flexibility index (Phi) is 5.97. The first-order valence-corrected chi connectivity index (χ1v) is 5.60. The van der Waals surface area contributed by atoms with E-state index in [1.807, 2.05) is 18.5 Å². The fourth-order valence-electron chi connectivity index (χ4n) is 1.50. The monoisotopic (exact) mass is 207 g/mol. The van der Waals surface area contributed by atoms with Gasteiger partial charge in [-0.3, -0.25) is 4.98 Å². The lowest BCUT2D eigenvalue weighted by molar-refractivity contribution is 0.330. The zero-order valence-corrected chi connectivity index (χ0v) is 9.52. The lowest BCUT2D eigenvalue weighted by Crippen LogP contribution is -2.23. The van der Waals surface area contributed by atoms with Crippen LogP contribution < -0.4 is 5.73 Å². The zero-order valence-electron chi connectivity index (χ0n) is 9.52. The Bertz CT molecular complexity index is 248. The molecule has 1 aromatic heterocycles. The summed E-state index contributed by atoms with van der Waals surface area (Å²) >= 11 is 0. The smallest absolute Gasteiger partial charge is 0.0300 e. The standard InChI is InChI=1S/C12H21N3/c1-15(9-3-2-7-13)10-6-12-5-4-8-14-11-12/h4-5,8,11H,2-3,6-7,9-10,13H2,1H3. The van der Waals surface area contributed by atoms with Gasteiger partial charge in [0, 0.05) is 18.9 Å². The molecule has 3 nitrogen and oxygen atoms in total. The van der Waals surface area contributed by atoms with Crippen LogP contribution in [0.5, 0.6) is 0 Å². The Morgan fingerprint density at radius 2 is 2.20 bits per heavy atom. The fourth-order valence-corrected chi connectivity index (χ4v) is 1.50. The normalized spacial score (nSPS) is 10.9. The van der Waals surface area contributed by atoms with Gasteiger partial charge in [0.2, 0.25) is 0 Å². The average Bonchev–Trinajstić information content (AvgIpc) is 2.28. The molecule has 0 unspecified atom stereocenters. The highest BCUT2D eigenvalue weighted by Crippen LogP contribution is 1.99. The van der Waals surface area contributed by atoms with E-state index in [9.17, 15) is 0 Å². The van der Waals surface area contributed by atoms with Crippen LogP contribution in [-0.2, 0) is 6.42 Å². The molecule has 2 N–H and O–H groups in total. The molecule has 3 heteroatoms. The molecule has 0 spiro atoms. The summed E-state index contributed by atoms with van der Waals surface area (Å²) in [7, 11) is 2.16. The van der Waals surface area contributed by atoms with Crippen LogP contribution in [0.15, 0.2) is 24.5 Å². The fraction of sp³-hybridized carbons (Fsp3) is 0.583. The van der Waals surface area contributed by atoms with Crippen LogP contribution in [0.1, 0.15) is 18.4 Å². The number of unbranched alkanes of at least 4 members (excludes halogenated alkanes) is 1. The number of hydrogen-bond donors (Lipinski definition) is 1. The number of hydrogen-bond acceptors (Lipinski definition) is 3. The molecule has 0 aliphatic heterocycles. The lowest BCUT2D eigenvalue weighted by atomic mass is 10.2. The number of pyridine rings is 1. The number of nitrogens with two attached hydrogens (primary N) is 1. The van der Waals surface area contributed by atoms with Crippen molar-refractivity contribution in [1.29, 1.82) is 0 Å². The van der Waals surface area contributed by atoms with E-state index < -0.39 is 0 Å². The summed E-state index contributed by atoms with van der Waals surface area (Å²) in [5, 5.41) is 0. The number of likely N-dealkylation sites (N-methyl/N-ethyl adjacent to an activating group) is 1. The highest BCUT2D eigenvalue weighted by Gasteiger charge is 1.98. The topological polar surface area (TPSA) is 42.1 Å². The molecule has 15 heavy (non-hydrogen) atoms. The predicted molar refractivity (Wildman–Crippen MR) is 63.7 cm³/mol. The Labute approximate surface area is 92.3 Å². The first-order chi connectivity index (χ1) is 7.33. The molecule has 0 aliphatic carbocycles. The van der Waals surface area contributed by atoms with Crippen LogP contribution in [-0.4, -0.2) is 36.6 Å². The van der Waals surface area contributed by atoms with E-state index in [2.05, 4.69) is 23.0 Å². The molecule has 0 amide bonds. The second-order valence-electron chi connectivity index (χ2n) is 3.91. The zero-order chi connectivity index (χ0) is 10.9. The van der Waals surface area contributed by atoms with Crippen molar-refractivity contribution < 1.29 is 0 Å². The van der Waals surface area contributed by atoms with Gasteiger partial charge in [-0.15, -0.1) is 0 Å². The number of aromatic nitrogens is 1. The van der Waals surface area contributed by atoms with Crippen LogP contribution in [0.4, 0.5) is 0 Å². The minimum atomic E-state index is 0.802. The van der Waals surface area contributed by atoms with Crippen LogP contribution in [0.2, 0.25) is 0 Å². The average molecular weight is 207 g/mol. The van der Waals surface area contributed by atoms with Crippen molar-refractivity contribution in [1.82, 2.24) is 9.88 Å². The second-order valence-corrected chi connectivity index (χ2v) is 3.91. The third-order valence-electron chi connectivity index (χ3n) is 2.50. The second kappa shape index (κ2) is 7.37. The molecular formula is C12H21N3. The van der Waals surface area contributed by atoms with Gasteiger partial charge in [0.1, 0.15) is 0 Å². The van der Waals surface area contributed by atoms with E-state index in [0.717, 1.165) is 32.5 Å². The van der Waals surface area contributed by atoms with Gasteiger partial charge < -0.3 is 10.6 Å². The summed E-state index contributed by atoms with van der Waals surface area (Å²) in [5.41, 5.74) is 6.76. The molecular weight excluding hydrogens is 186 g/mol. The first kappa shape index (κ1) is 12.1. The molecule has 0 fully saturated rings. The number of nitrogens with zero attached hydrogens (tertiary/aromatic N) is 2. The third-order valence-corrected chi connectivity index (χ3v) is 2.50. The molecule has 0 aliphatic rings. The van der Waals surface area contributed by atoms with Crippen molar-refractivity contribution in [2.24, 2.45) is 5.73 Å². The third kappa shape index (κ3) is 5.50. The predicted octanol–water partition coefficient (Wildman–Crippen LogP) is 1.29. The van der Waals surface area contributed by atoms with E-state index >= 15 is 0 Å². The Morgan fingerprint density at radius 3 is 2.87 bits per heavy atom. The maximum absolute atomic E-state index is 5.45. The highest BCUT2D eigenvalue weighted by molar-refractivity contribution is 5.08. The van der Waals surface area contributed by atoms with Crippen molar-refractivity contribution >= 4 is 0 Å². The van der Waals surface area contributed by atoms with E-state index in [1.54, 1.807) is 0 Å². The molecule has 0 saturated heterocycles. The molecule has 1 aromatic rings. The van der Waals surface area contributed by atoms with Crippen molar-refractivity contribution in [3.8, 4) is 0 Å². The van der Waals surface area contributed by atoms with Crippen LogP contribution in [0.3, 0.4) is 0 Å². The highest BCUT2D eigenvalue weighted by atomic mass is 15.1. The summed E-state index contributed by atoms with van der Waals surface area (Å²) in [6, 6.07) is 4.12. The largest absolute Gasteiger partial charge is 0.330 e. The van der Waals surface area contributed by atoms with E-state index in [0.29, 0.717) is 0 Å². The quantitative estimate of drug-likeness (QED) is 0.685. The van der Waals surface area contributed by atoms with Crippen LogP contribution >= 0.6 is 0 Å². The van der Waals surface area contributed by atoms with Gasteiger partial charge in [0.15, 0.2) is 0 Å². The summed E-state index contributed by atoms with van der Waals surface area (Å²) < 4.78 is 0. The minimum Gasteiger partial charge on any atom is -0.330 e. The van der Waals surface area contributed by atoms with Crippen molar-refractivity contribution in [2.75, 3.05) is 26.7 Å². The van der Waals surface area contributed by atoms with Gasteiger partial charge in [-0.05, 0) is 51.0 Å². The summed E-state index contributed by atoms with van der Waals surface area (Å²) in [6.07, 6.45) is 7.15. The Morgan fingerprint density at radius 1 is 1.33 bits per heavy atom. The van der Waals surface area contributed by atoms with Crippen molar-refractivity contribution in [2.45, 2.75) is 19.3 Å². The Balaban J connectivity index is 2.14. The van der Waals surface area contributed by atoms with Gasteiger partial charge in [-0.1, -0.05) is 6.07 Å². The van der Waals surface area contributed by atoms with Gasteiger partial charge in [-0.2, -0.15) is 0 Å². The first-order valence-electron chi connectivity index (χ1n) is 5.60. The van der Waals surface area contributed by atoms with Gasteiger partial charge >= 0.3 is 0 Å². The van der Waals surface area contributed by atoms with Crippen molar-refractivity contribution in [3.63, 3.8) is 0 Å². The molecule has 0 radical (unpaired) electrons. The summed E-state index contributed by atoms with van der Waals surface area (Å²) in [4.78, 5) is 6.45. The van der Waals surface area contributed by atoms with Crippen LogP contribution in [0, 0.1) is 0 Å². The van der Waals surface area contributed by atoms with Gasteiger partial charge in [0.05, 0.1) is 0 Å². The van der Waals surface area contributed by atoms with Gasteiger partial charge in [0.25, 0.3) is 0 Å². The molecule has 0 bridgehead atoms. The maximum Gasteiger partial charge on any atom is 0.0300 e. The Hall–Kier alpha value is -0.930. The molecule has 0 atom stereocenters. The SMILES string of the molecule is CN(CCCCN)CCc1cccnc1. The maximum atomic E-state index is 5.45. The van der Waals surface area contributed by atoms with Crippen molar-refractivity contribution in [3.05, 3.63) is 30.1 Å². The summed E-state index contributed by atoms with van der Waals surface area (Å²) in [6.45, 7) is 3.03. The molecule has 84 valence electrons. The summed E-state index contributed by atoms with van der Waals surface area (Å²) in [5.74, 6) is 0. The van der Waals surface area contributed by atoms with Gasteiger partial charge in [-0.25, -0.2) is 0 Å². The molecule has 1 heterocycles. The van der Waals surface area contributed by atoms with Crippen LogP contribution in [0.25, 0.3) is 0 Å². The van der Waals surface area contributed by atoms with E-state index in [-0.39, 0.29) is 0 Å². The molecule has 0 aromatic carbocycles. The molecule has 0 saturated carbocycles. The molecule has 1 rings (SSSR count). The van der Waals surface area contributed by atoms with E-state index in [4.69, 9.17) is 5.73 Å². The van der Waals surface area contributed by atoms with E-state index in [1.165, 1.54) is 12.0 Å². The number of rotatable bonds is 7. The lowest BCUT2D eigenvalue weighted by Gasteiger charge is -2.15. The minimum absolute atomic E-state index is 0.802.